The van der Waals surface area contributed by atoms with E-state index in [-0.39, 0.29) is 18.3 Å². The number of methoxy groups -OCH3 is 1. The zero-order valence-corrected chi connectivity index (χ0v) is 15.4. The van der Waals surface area contributed by atoms with Crippen LogP contribution < -0.4 is 15.8 Å². The SMILES string of the molecule is COc1cc(CC(=O)NC2C3CCCC2CC(N)C3)ccc1C.Cl. The molecule has 2 atom stereocenters. The van der Waals surface area contributed by atoms with Crippen LogP contribution in [0.3, 0.4) is 0 Å². The van der Waals surface area contributed by atoms with Crippen molar-refractivity contribution < 1.29 is 9.53 Å². The van der Waals surface area contributed by atoms with Gasteiger partial charge in [0.1, 0.15) is 5.75 Å². The molecule has 0 radical (unpaired) electrons. The minimum Gasteiger partial charge on any atom is -0.496 e. The lowest BCUT2D eigenvalue weighted by Crippen LogP contribution is -2.54. The molecule has 1 amide bonds. The summed E-state index contributed by atoms with van der Waals surface area (Å²) in [7, 11) is 1.67. The molecule has 4 nitrogen and oxygen atoms in total. The number of hydrogen-bond acceptors (Lipinski definition) is 3. The average molecular weight is 353 g/mol. The van der Waals surface area contributed by atoms with Gasteiger partial charge in [-0.15, -0.1) is 12.4 Å². The van der Waals surface area contributed by atoms with Crippen molar-refractivity contribution in [2.75, 3.05) is 7.11 Å². The van der Waals surface area contributed by atoms with E-state index in [1.807, 2.05) is 25.1 Å². The Labute approximate surface area is 150 Å². The van der Waals surface area contributed by atoms with Crippen molar-refractivity contribution in [3.63, 3.8) is 0 Å². The van der Waals surface area contributed by atoms with Crippen molar-refractivity contribution in [3.05, 3.63) is 29.3 Å². The summed E-state index contributed by atoms with van der Waals surface area (Å²) in [6.45, 7) is 2.01. The van der Waals surface area contributed by atoms with Crippen molar-refractivity contribution in [1.29, 1.82) is 0 Å². The Morgan fingerprint density at radius 1 is 1.29 bits per heavy atom. The van der Waals surface area contributed by atoms with Gasteiger partial charge in [0.05, 0.1) is 13.5 Å². The molecule has 0 saturated heterocycles. The molecule has 0 spiro atoms. The molecule has 0 heterocycles. The standard InChI is InChI=1S/C19H28N2O2.ClH/c1-12-6-7-13(8-17(12)23-2)9-18(22)21-19-14-4-3-5-15(19)11-16(20)10-14;/h6-8,14-16,19H,3-5,9-11,20H2,1-2H3,(H,21,22);1H. The number of aryl methyl sites for hydroxylation is 1. The van der Waals surface area contributed by atoms with Gasteiger partial charge in [-0.25, -0.2) is 0 Å². The van der Waals surface area contributed by atoms with E-state index in [2.05, 4.69) is 5.32 Å². The number of rotatable bonds is 4. The van der Waals surface area contributed by atoms with Gasteiger partial charge in [0.15, 0.2) is 0 Å². The molecule has 2 fully saturated rings. The summed E-state index contributed by atoms with van der Waals surface area (Å²) in [5.74, 6) is 2.09. The molecule has 2 aliphatic rings. The number of carbonyl (C=O) groups is 1. The van der Waals surface area contributed by atoms with Gasteiger partial charge in [0.25, 0.3) is 0 Å². The molecule has 1 aromatic rings. The molecule has 0 aliphatic heterocycles. The van der Waals surface area contributed by atoms with Crippen LogP contribution in [-0.2, 0) is 11.2 Å². The third-order valence-electron chi connectivity index (χ3n) is 5.54. The Morgan fingerprint density at radius 3 is 2.58 bits per heavy atom. The minimum absolute atomic E-state index is 0. The van der Waals surface area contributed by atoms with E-state index in [4.69, 9.17) is 10.5 Å². The van der Waals surface area contributed by atoms with Gasteiger partial charge in [-0.3, -0.25) is 4.79 Å². The molecule has 2 saturated carbocycles. The predicted molar refractivity (Wildman–Crippen MR) is 98.7 cm³/mol. The van der Waals surface area contributed by atoms with E-state index in [1.54, 1.807) is 7.11 Å². The van der Waals surface area contributed by atoms with Gasteiger partial charge in [0, 0.05) is 12.1 Å². The zero-order chi connectivity index (χ0) is 16.4. The van der Waals surface area contributed by atoms with Gasteiger partial charge >= 0.3 is 0 Å². The first-order valence-corrected chi connectivity index (χ1v) is 8.75. The second-order valence-electron chi connectivity index (χ2n) is 7.26. The molecule has 2 aliphatic carbocycles. The summed E-state index contributed by atoms with van der Waals surface area (Å²) in [5, 5.41) is 3.31. The number of hydrogen-bond donors (Lipinski definition) is 2. The van der Waals surface area contributed by atoms with Crippen LogP contribution in [0.5, 0.6) is 5.75 Å². The van der Waals surface area contributed by atoms with Gasteiger partial charge < -0.3 is 15.8 Å². The number of carbonyl (C=O) groups excluding carboxylic acids is 1. The fourth-order valence-electron chi connectivity index (χ4n) is 4.42. The summed E-state index contributed by atoms with van der Waals surface area (Å²) >= 11 is 0. The molecule has 3 N–H and O–H groups in total. The van der Waals surface area contributed by atoms with Crippen LogP contribution in [0.2, 0.25) is 0 Å². The lowest BCUT2D eigenvalue weighted by molar-refractivity contribution is -0.122. The number of nitrogens with two attached hydrogens (primary N) is 1. The van der Waals surface area contributed by atoms with Crippen LogP contribution in [0.15, 0.2) is 18.2 Å². The number of fused-ring (bicyclic) bond motifs is 2. The Hall–Kier alpha value is -1.26. The van der Waals surface area contributed by atoms with E-state index in [0.717, 1.165) is 29.7 Å². The highest BCUT2D eigenvalue weighted by atomic mass is 35.5. The van der Waals surface area contributed by atoms with E-state index < -0.39 is 0 Å². The fraction of sp³-hybridized carbons (Fsp3) is 0.632. The number of nitrogens with one attached hydrogen (secondary N) is 1. The second kappa shape index (κ2) is 8.21. The average Bonchev–Trinajstić information content (AvgIpc) is 2.50. The van der Waals surface area contributed by atoms with Crippen molar-refractivity contribution in [2.45, 2.75) is 57.5 Å². The van der Waals surface area contributed by atoms with Crippen LogP contribution >= 0.6 is 12.4 Å². The normalized spacial score (nSPS) is 28.6. The summed E-state index contributed by atoms with van der Waals surface area (Å²) in [5.41, 5.74) is 8.25. The summed E-state index contributed by atoms with van der Waals surface area (Å²) in [6.07, 6.45) is 6.21. The van der Waals surface area contributed by atoms with Crippen LogP contribution in [-0.4, -0.2) is 25.1 Å². The Balaban J connectivity index is 0.00000208. The second-order valence-corrected chi connectivity index (χ2v) is 7.26. The van der Waals surface area contributed by atoms with Gasteiger partial charge in [0.2, 0.25) is 5.91 Å². The molecule has 0 aromatic heterocycles. The van der Waals surface area contributed by atoms with Gasteiger partial charge in [-0.1, -0.05) is 18.6 Å². The number of amides is 1. The largest absolute Gasteiger partial charge is 0.496 e. The first-order valence-electron chi connectivity index (χ1n) is 8.75. The highest BCUT2D eigenvalue weighted by Gasteiger charge is 2.39. The van der Waals surface area contributed by atoms with Crippen LogP contribution in [0.1, 0.15) is 43.2 Å². The maximum atomic E-state index is 12.5. The maximum Gasteiger partial charge on any atom is 0.224 e. The predicted octanol–water partition coefficient (Wildman–Crippen LogP) is 2.99. The molecule has 1 aromatic carbocycles. The van der Waals surface area contributed by atoms with E-state index >= 15 is 0 Å². The molecule has 134 valence electrons. The van der Waals surface area contributed by atoms with Crippen molar-refractivity contribution in [3.8, 4) is 5.75 Å². The third kappa shape index (κ3) is 4.22. The minimum atomic E-state index is 0. The Kier molecular flexibility index (Phi) is 6.53. The zero-order valence-electron chi connectivity index (χ0n) is 14.6. The molecule has 2 unspecified atom stereocenters. The summed E-state index contributed by atoms with van der Waals surface area (Å²) in [6, 6.07) is 6.63. The van der Waals surface area contributed by atoms with E-state index in [9.17, 15) is 4.79 Å². The molecule has 2 bridgehead atoms. The number of ether oxygens (including phenoxy) is 1. The molecular weight excluding hydrogens is 324 g/mol. The Bertz CT molecular complexity index is 564. The topological polar surface area (TPSA) is 64.3 Å². The van der Waals surface area contributed by atoms with Crippen molar-refractivity contribution in [1.82, 2.24) is 5.32 Å². The van der Waals surface area contributed by atoms with Gasteiger partial charge in [-0.05, 0) is 61.6 Å². The smallest absolute Gasteiger partial charge is 0.224 e. The fourth-order valence-corrected chi connectivity index (χ4v) is 4.42. The first-order chi connectivity index (χ1) is 11.1. The maximum absolute atomic E-state index is 12.5. The summed E-state index contributed by atoms with van der Waals surface area (Å²) < 4.78 is 5.34. The quantitative estimate of drug-likeness (QED) is 0.875. The number of benzene rings is 1. The van der Waals surface area contributed by atoms with Crippen LogP contribution in [0, 0.1) is 18.8 Å². The number of halogens is 1. The molecule has 5 heteroatoms. The molecule has 3 rings (SSSR count). The lowest BCUT2D eigenvalue weighted by Gasteiger charge is -2.45. The third-order valence-corrected chi connectivity index (χ3v) is 5.54. The first kappa shape index (κ1) is 19.1. The highest BCUT2D eigenvalue weighted by molar-refractivity contribution is 5.85. The van der Waals surface area contributed by atoms with E-state index in [1.165, 1.54) is 19.3 Å². The van der Waals surface area contributed by atoms with Crippen LogP contribution in [0.25, 0.3) is 0 Å². The molecular formula is C19H29ClN2O2. The van der Waals surface area contributed by atoms with Crippen LogP contribution in [0.4, 0.5) is 0 Å². The summed E-state index contributed by atoms with van der Waals surface area (Å²) in [4.78, 5) is 12.5. The lowest BCUT2D eigenvalue weighted by atomic mass is 9.67. The van der Waals surface area contributed by atoms with E-state index in [0.29, 0.717) is 30.3 Å². The highest BCUT2D eigenvalue weighted by Crippen LogP contribution is 2.39. The molecule has 24 heavy (non-hydrogen) atoms. The van der Waals surface area contributed by atoms with Crippen molar-refractivity contribution in [2.24, 2.45) is 17.6 Å². The van der Waals surface area contributed by atoms with Gasteiger partial charge in [-0.2, -0.15) is 0 Å². The monoisotopic (exact) mass is 352 g/mol. The Morgan fingerprint density at radius 2 is 1.96 bits per heavy atom. The van der Waals surface area contributed by atoms with Crippen molar-refractivity contribution >= 4 is 18.3 Å².